The Kier molecular flexibility index (Phi) is 8.65. The molecule has 0 aliphatic carbocycles. The first-order valence-electron chi connectivity index (χ1n) is 5.64. The molecular formula is C11H20IN5OS. The van der Waals surface area contributed by atoms with E-state index in [0.29, 0.717) is 12.5 Å². The number of nitrogens with zero attached hydrogens (tertiary/aromatic N) is 2. The quantitative estimate of drug-likeness (QED) is 0.399. The third kappa shape index (κ3) is 6.19. The minimum Gasteiger partial charge on any atom is -0.358 e. The summed E-state index contributed by atoms with van der Waals surface area (Å²) in [5.41, 5.74) is 1.06. The monoisotopic (exact) mass is 397 g/mol. The molecule has 0 atom stereocenters. The summed E-state index contributed by atoms with van der Waals surface area (Å²) in [5.74, 6) is 0.503. The van der Waals surface area contributed by atoms with Gasteiger partial charge in [-0.15, -0.1) is 35.3 Å². The minimum atomic E-state index is -0.0844. The van der Waals surface area contributed by atoms with E-state index in [0.717, 1.165) is 10.7 Å². The molecule has 0 radical (unpaired) electrons. The minimum absolute atomic E-state index is 0. The van der Waals surface area contributed by atoms with Crippen molar-refractivity contribution >= 4 is 47.2 Å². The lowest BCUT2D eigenvalue weighted by molar-refractivity contribution is -0.119. The summed E-state index contributed by atoms with van der Waals surface area (Å²) in [7, 11) is 3.26. The number of amides is 1. The maximum absolute atomic E-state index is 11.1. The van der Waals surface area contributed by atoms with Gasteiger partial charge in [0.05, 0.1) is 18.8 Å². The van der Waals surface area contributed by atoms with Crippen LogP contribution in [-0.2, 0) is 11.3 Å². The summed E-state index contributed by atoms with van der Waals surface area (Å²) in [6.45, 7) is 4.85. The standard InChI is InChI=1S/C11H19N5OS.HI/c1-7-8(2)18-10(16-7)6-15-11(13-4)14-5-9(17)12-3;/h5-6H2,1-4H3,(H,12,17)(H2,13,14,15);1H. The first-order valence-corrected chi connectivity index (χ1v) is 6.46. The number of aromatic nitrogens is 1. The fourth-order valence-corrected chi connectivity index (χ4v) is 2.12. The molecule has 1 aromatic heterocycles. The van der Waals surface area contributed by atoms with Crippen LogP contribution >= 0.6 is 35.3 Å². The Balaban J connectivity index is 0.00000324. The number of rotatable bonds is 4. The fourth-order valence-electron chi connectivity index (χ4n) is 1.25. The van der Waals surface area contributed by atoms with E-state index in [1.165, 1.54) is 4.88 Å². The molecule has 1 aromatic rings. The summed E-state index contributed by atoms with van der Waals surface area (Å²) >= 11 is 1.66. The number of nitrogens with one attached hydrogen (secondary N) is 3. The highest BCUT2D eigenvalue weighted by molar-refractivity contribution is 14.0. The van der Waals surface area contributed by atoms with Gasteiger partial charge in [-0.2, -0.15) is 0 Å². The van der Waals surface area contributed by atoms with Crippen LogP contribution in [0.1, 0.15) is 15.6 Å². The SMILES string of the molecule is CN=C(NCC(=O)NC)NCc1nc(C)c(C)s1.I. The van der Waals surface area contributed by atoms with Gasteiger partial charge >= 0.3 is 0 Å². The van der Waals surface area contributed by atoms with Crippen LogP contribution in [0.25, 0.3) is 0 Å². The lowest BCUT2D eigenvalue weighted by atomic mass is 10.4. The second-order valence-electron chi connectivity index (χ2n) is 3.70. The Morgan fingerprint density at radius 3 is 2.53 bits per heavy atom. The van der Waals surface area contributed by atoms with E-state index in [1.807, 2.05) is 6.92 Å². The van der Waals surface area contributed by atoms with Crippen molar-refractivity contribution < 1.29 is 4.79 Å². The van der Waals surface area contributed by atoms with Crippen LogP contribution in [0.15, 0.2) is 4.99 Å². The molecule has 108 valence electrons. The zero-order valence-corrected chi connectivity index (χ0v) is 14.7. The topological polar surface area (TPSA) is 78.4 Å². The van der Waals surface area contributed by atoms with Crippen LogP contribution in [0, 0.1) is 13.8 Å². The number of thiazole rings is 1. The molecule has 1 heterocycles. The van der Waals surface area contributed by atoms with Crippen molar-refractivity contribution in [3.05, 3.63) is 15.6 Å². The van der Waals surface area contributed by atoms with Crippen molar-refractivity contribution in [3.63, 3.8) is 0 Å². The molecule has 0 spiro atoms. The number of halogens is 1. The van der Waals surface area contributed by atoms with Gasteiger partial charge in [0.15, 0.2) is 5.96 Å². The van der Waals surface area contributed by atoms with Gasteiger partial charge < -0.3 is 16.0 Å². The van der Waals surface area contributed by atoms with Crippen LogP contribution in [0.5, 0.6) is 0 Å². The van der Waals surface area contributed by atoms with Crippen LogP contribution < -0.4 is 16.0 Å². The number of guanidine groups is 1. The van der Waals surface area contributed by atoms with Crippen LogP contribution in [0.4, 0.5) is 0 Å². The zero-order valence-electron chi connectivity index (χ0n) is 11.5. The molecule has 6 nitrogen and oxygen atoms in total. The van der Waals surface area contributed by atoms with Gasteiger partial charge in [-0.1, -0.05) is 0 Å². The molecule has 0 bridgehead atoms. The Morgan fingerprint density at radius 2 is 2.05 bits per heavy atom. The Bertz CT molecular complexity index is 427. The molecule has 0 aliphatic heterocycles. The molecule has 0 fully saturated rings. The van der Waals surface area contributed by atoms with E-state index in [-0.39, 0.29) is 36.4 Å². The van der Waals surface area contributed by atoms with Gasteiger partial charge in [0.1, 0.15) is 5.01 Å². The molecule has 0 aromatic carbocycles. The van der Waals surface area contributed by atoms with Crippen molar-refractivity contribution in [1.29, 1.82) is 0 Å². The Morgan fingerprint density at radius 1 is 1.37 bits per heavy atom. The summed E-state index contributed by atoms with van der Waals surface area (Å²) < 4.78 is 0. The molecule has 0 saturated heterocycles. The van der Waals surface area contributed by atoms with Gasteiger partial charge in [-0.25, -0.2) is 4.98 Å². The van der Waals surface area contributed by atoms with Crippen molar-refractivity contribution in [2.75, 3.05) is 20.6 Å². The maximum Gasteiger partial charge on any atom is 0.239 e. The van der Waals surface area contributed by atoms with E-state index in [2.05, 4.69) is 32.9 Å². The van der Waals surface area contributed by atoms with Gasteiger partial charge in [0.2, 0.25) is 5.91 Å². The zero-order chi connectivity index (χ0) is 13.5. The molecular weight excluding hydrogens is 377 g/mol. The Labute approximate surface area is 134 Å². The van der Waals surface area contributed by atoms with Crippen LogP contribution in [-0.4, -0.2) is 37.5 Å². The molecule has 0 saturated carbocycles. The molecule has 1 rings (SSSR count). The third-order valence-electron chi connectivity index (χ3n) is 2.40. The van der Waals surface area contributed by atoms with Crippen LogP contribution in [0.3, 0.4) is 0 Å². The molecule has 19 heavy (non-hydrogen) atoms. The second kappa shape index (κ2) is 9.08. The van der Waals surface area contributed by atoms with Gasteiger partial charge in [0.25, 0.3) is 0 Å². The van der Waals surface area contributed by atoms with Crippen molar-refractivity contribution in [2.45, 2.75) is 20.4 Å². The summed E-state index contributed by atoms with van der Waals surface area (Å²) in [4.78, 5) is 20.8. The number of hydrogen-bond acceptors (Lipinski definition) is 4. The summed E-state index contributed by atoms with van der Waals surface area (Å²) in [5, 5.41) is 9.57. The van der Waals surface area contributed by atoms with E-state index in [4.69, 9.17) is 0 Å². The lowest BCUT2D eigenvalue weighted by Crippen LogP contribution is -2.42. The number of carbonyl (C=O) groups is 1. The van der Waals surface area contributed by atoms with E-state index >= 15 is 0 Å². The lowest BCUT2D eigenvalue weighted by Gasteiger charge is -2.09. The van der Waals surface area contributed by atoms with Gasteiger partial charge in [0, 0.05) is 19.0 Å². The second-order valence-corrected chi connectivity index (χ2v) is 4.99. The highest BCUT2D eigenvalue weighted by Gasteiger charge is 2.05. The third-order valence-corrected chi connectivity index (χ3v) is 3.47. The van der Waals surface area contributed by atoms with Gasteiger partial charge in [-0.05, 0) is 13.8 Å². The highest BCUT2D eigenvalue weighted by Crippen LogP contribution is 2.15. The normalized spacial score (nSPS) is 10.6. The molecule has 0 unspecified atom stereocenters. The molecule has 1 amide bonds. The average Bonchev–Trinajstić information content (AvgIpc) is 2.68. The first kappa shape index (κ1) is 18.1. The van der Waals surface area contributed by atoms with Gasteiger partial charge in [-0.3, -0.25) is 9.79 Å². The van der Waals surface area contributed by atoms with Crippen LogP contribution in [0.2, 0.25) is 0 Å². The number of likely N-dealkylation sites (N-methyl/N-ethyl adjacent to an activating group) is 1. The number of aryl methyl sites for hydroxylation is 2. The number of aliphatic imine (C=N–C) groups is 1. The molecule has 3 N–H and O–H groups in total. The molecule has 8 heteroatoms. The van der Waals surface area contributed by atoms with Crippen molar-refractivity contribution in [2.24, 2.45) is 4.99 Å². The molecule has 0 aliphatic rings. The Hall–Kier alpha value is -0.900. The maximum atomic E-state index is 11.1. The first-order chi connectivity index (χ1) is 8.56. The smallest absolute Gasteiger partial charge is 0.239 e. The fraction of sp³-hybridized carbons (Fsp3) is 0.545. The average molecular weight is 397 g/mol. The largest absolute Gasteiger partial charge is 0.358 e. The van der Waals surface area contributed by atoms with E-state index in [9.17, 15) is 4.79 Å². The van der Waals surface area contributed by atoms with Crippen molar-refractivity contribution in [3.8, 4) is 0 Å². The summed E-state index contributed by atoms with van der Waals surface area (Å²) in [6.07, 6.45) is 0. The predicted octanol–water partition coefficient (Wildman–Crippen LogP) is 0.789. The summed E-state index contributed by atoms with van der Waals surface area (Å²) in [6, 6.07) is 0. The predicted molar refractivity (Wildman–Crippen MR) is 89.3 cm³/mol. The van der Waals surface area contributed by atoms with Crippen molar-refractivity contribution in [1.82, 2.24) is 20.9 Å². The van der Waals surface area contributed by atoms with E-state index < -0.39 is 0 Å². The number of hydrogen-bond donors (Lipinski definition) is 3. The van der Waals surface area contributed by atoms with E-state index in [1.54, 1.807) is 25.4 Å². The number of carbonyl (C=O) groups excluding carboxylic acids is 1. The highest BCUT2D eigenvalue weighted by atomic mass is 127.